The Morgan fingerprint density at radius 2 is 1.76 bits per heavy atom. The van der Waals surface area contributed by atoms with Crippen molar-refractivity contribution in [3.05, 3.63) is 29.3 Å². The summed E-state index contributed by atoms with van der Waals surface area (Å²) in [5, 5.41) is 6.22. The van der Waals surface area contributed by atoms with Gasteiger partial charge in [0.1, 0.15) is 6.54 Å². The fourth-order valence-corrected chi connectivity index (χ4v) is 1.74. The minimum atomic E-state index is -4.52. The third-order valence-electron chi connectivity index (χ3n) is 3.03. The Balaban J connectivity index is 2.61. The zero-order valence-corrected chi connectivity index (χ0v) is 14.0. The lowest BCUT2D eigenvalue weighted by Crippen LogP contribution is -2.42. The van der Waals surface area contributed by atoms with Gasteiger partial charge in [0.2, 0.25) is 5.91 Å². The molecule has 0 heterocycles. The van der Waals surface area contributed by atoms with Crippen LogP contribution in [0.2, 0.25) is 0 Å². The fourth-order valence-electron chi connectivity index (χ4n) is 1.74. The highest BCUT2D eigenvalue weighted by atomic mass is 19.4. The molecule has 0 aromatic heterocycles. The first-order chi connectivity index (χ1) is 11.5. The Hall–Kier alpha value is -2.78. The summed E-state index contributed by atoms with van der Waals surface area (Å²) in [6.07, 6.45) is -4.52. The normalized spacial score (nSPS) is 10.8. The van der Waals surface area contributed by atoms with Crippen LogP contribution in [-0.2, 0) is 4.79 Å². The predicted octanol–water partition coefficient (Wildman–Crippen LogP) is 1.50. The SMILES string of the molecule is Cc1ccc(C(=O)N(C)C)cc1NC(=O)NCC(=O)NCC(F)(F)F. The number of alkyl halides is 3. The van der Waals surface area contributed by atoms with E-state index < -0.39 is 31.2 Å². The molecule has 0 radical (unpaired) electrons. The molecule has 3 N–H and O–H groups in total. The lowest BCUT2D eigenvalue weighted by Gasteiger charge is -2.14. The molecular weight excluding hydrogens is 341 g/mol. The zero-order valence-electron chi connectivity index (χ0n) is 14.0. The second-order valence-corrected chi connectivity index (χ2v) is 5.43. The van der Waals surface area contributed by atoms with Crippen molar-refractivity contribution in [2.45, 2.75) is 13.1 Å². The number of rotatable bonds is 5. The van der Waals surface area contributed by atoms with Gasteiger partial charge in [-0.05, 0) is 24.6 Å². The van der Waals surface area contributed by atoms with Crippen LogP contribution in [0.5, 0.6) is 0 Å². The summed E-state index contributed by atoms with van der Waals surface area (Å²) in [6.45, 7) is -0.379. The quantitative estimate of drug-likeness (QED) is 0.743. The highest BCUT2D eigenvalue weighted by Gasteiger charge is 2.27. The van der Waals surface area contributed by atoms with Crippen LogP contribution in [-0.4, -0.2) is 56.1 Å². The number of halogens is 3. The fraction of sp³-hybridized carbons (Fsp3) is 0.400. The van der Waals surface area contributed by atoms with Gasteiger partial charge in [0.15, 0.2) is 0 Å². The Bertz CT molecular complexity index is 660. The number of aryl methyl sites for hydroxylation is 1. The number of anilines is 1. The third-order valence-corrected chi connectivity index (χ3v) is 3.03. The van der Waals surface area contributed by atoms with Crippen LogP contribution in [0.15, 0.2) is 18.2 Å². The molecule has 0 fully saturated rings. The van der Waals surface area contributed by atoms with Crippen molar-refractivity contribution in [1.29, 1.82) is 0 Å². The minimum absolute atomic E-state index is 0.255. The predicted molar refractivity (Wildman–Crippen MR) is 85.3 cm³/mol. The second kappa shape index (κ2) is 8.36. The van der Waals surface area contributed by atoms with Crippen LogP contribution in [0, 0.1) is 6.92 Å². The zero-order chi connectivity index (χ0) is 19.2. The highest BCUT2D eigenvalue weighted by molar-refractivity contribution is 5.97. The van der Waals surface area contributed by atoms with Crippen molar-refractivity contribution in [2.75, 3.05) is 32.5 Å². The molecule has 10 heteroatoms. The maximum atomic E-state index is 12.0. The summed E-state index contributed by atoms with van der Waals surface area (Å²) in [5.41, 5.74) is 1.38. The summed E-state index contributed by atoms with van der Waals surface area (Å²) >= 11 is 0. The molecule has 1 aromatic carbocycles. The average molecular weight is 360 g/mol. The first-order valence-corrected chi connectivity index (χ1v) is 7.20. The van der Waals surface area contributed by atoms with E-state index in [0.29, 0.717) is 16.8 Å². The van der Waals surface area contributed by atoms with Gasteiger partial charge in [0.05, 0.1) is 6.54 Å². The van der Waals surface area contributed by atoms with Crippen molar-refractivity contribution in [2.24, 2.45) is 0 Å². The summed E-state index contributed by atoms with van der Waals surface area (Å²) in [5.74, 6) is -1.23. The van der Waals surface area contributed by atoms with Gasteiger partial charge in [-0.1, -0.05) is 6.07 Å². The number of amides is 4. The standard InChI is InChI=1S/C15H19F3N4O3/c1-9-4-5-10(13(24)22(2)3)6-11(9)21-14(25)19-7-12(23)20-8-15(16,17)18/h4-6H,7-8H2,1-3H3,(H,20,23)(H2,19,21,25). The first kappa shape index (κ1) is 20.3. The smallest absolute Gasteiger partial charge is 0.345 e. The van der Waals surface area contributed by atoms with Crippen molar-refractivity contribution >= 4 is 23.5 Å². The topological polar surface area (TPSA) is 90.5 Å². The van der Waals surface area contributed by atoms with Crippen molar-refractivity contribution in [3.63, 3.8) is 0 Å². The molecule has 0 bridgehead atoms. The molecule has 0 aliphatic carbocycles. The van der Waals surface area contributed by atoms with Crippen molar-refractivity contribution < 1.29 is 27.6 Å². The molecule has 0 saturated heterocycles. The Morgan fingerprint density at radius 3 is 2.32 bits per heavy atom. The first-order valence-electron chi connectivity index (χ1n) is 7.20. The lowest BCUT2D eigenvalue weighted by atomic mass is 10.1. The van der Waals surface area contributed by atoms with Gasteiger partial charge in [-0.3, -0.25) is 9.59 Å². The molecule has 1 rings (SSSR count). The molecule has 0 atom stereocenters. The van der Waals surface area contributed by atoms with E-state index in [1.165, 1.54) is 11.0 Å². The molecule has 138 valence electrons. The van der Waals surface area contributed by atoms with Crippen LogP contribution in [0.3, 0.4) is 0 Å². The summed E-state index contributed by atoms with van der Waals surface area (Å²) in [6, 6.07) is 3.94. The molecule has 4 amide bonds. The van der Waals surface area contributed by atoms with Gasteiger partial charge in [-0.2, -0.15) is 13.2 Å². The average Bonchev–Trinajstić information content (AvgIpc) is 2.51. The molecule has 0 spiro atoms. The highest BCUT2D eigenvalue weighted by Crippen LogP contribution is 2.17. The van der Waals surface area contributed by atoms with Crippen LogP contribution >= 0.6 is 0 Å². The van der Waals surface area contributed by atoms with E-state index in [1.54, 1.807) is 38.5 Å². The maximum absolute atomic E-state index is 12.0. The second-order valence-electron chi connectivity index (χ2n) is 5.43. The molecular formula is C15H19F3N4O3. The summed E-state index contributed by atoms with van der Waals surface area (Å²) in [4.78, 5) is 36.3. The Morgan fingerprint density at radius 1 is 1.12 bits per heavy atom. The summed E-state index contributed by atoms with van der Waals surface area (Å²) in [7, 11) is 3.17. The summed E-state index contributed by atoms with van der Waals surface area (Å²) < 4.78 is 35.9. The van der Waals surface area contributed by atoms with Gasteiger partial charge < -0.3 is 20.9 Å². The number of carbonyl (C=O) groups is 3. The van der Waals surface area contributed by atoms with Gasteiger partial charge in [-0.25, -0.2) is 4.79 Å². The van der Waals surface area contributed by atoms with E-state index in [2.05, 4.69) is 10.6 Å². The maximum Gasteiger partial charge on any atom is 0.405 e. The Labute approximate surface area is 142 Å². The molecule has 0 aliphatic rings. The van der Waals surface area contributed by atoms with E-state index in [9.17, 15) is 27.6 Å². The van der Waals surface area contributed by atoms with Crippen LogP contribution in [0.1, 0.15) is 15.9 Å². The van der Waals surface area contributed by atoms with E-state index in [-0.39, 0.29) is 5.91 Å². The van der Waals surface area contributed by atoms with E-state index in [1.807, 2.05) is 0 Å². The molecule has 0 saturated carbocycles. The molecule has 25 heavy (non-hydrogen) atoms. The van der Waals surface area contributed by atoms with Gasteiger partial charge >= 0.3 is 12.2 Å². The van der Waals surface area contributed by atoms with Gasteiger partial charge in [-0.15, -0.1) is 0 Å². The number of hydrogen-bond donors (Lipinski definition) is 3. The molecule has 0 aliphatic heterocycles. The van der Waals surface area contributed by atoms with Gasteiger partial charge in [0, 0.05) is 25.3 Å². The van der Waals surface area contributed by atoms with Gasteiger partial charge in [0.25, 0.3) is 5.91 Å². The van der Waals surface area contributed by atoms with Crippen molar-refractivity contribution in [3.8, 4) is 0 Å². The molecule has 0 unspecified atom stereocenters. The largest absolute Gasteiger partial charge is 0.405 e. The number of hydrogen-bond acceptors (Lipinski definition) is 3. The molecule has 1 aromatic rings. The lowest BCUT2D eigenvalue weighted by molar-refractivity contribution is -0.137. The minimum Gasteiger partial charge on any atom is -0.345 e. The number of nitrogens with one attached hydrogen (secondary N) is 3. The monoisotopic (exact) mass is 360 g/mol. The van der Waals surface area contributed by atoms with Crippen LogP contribution in [0.4, 0.5) is 23.7 Å². The third kappa shape index (κ3) is 7.10. The number of urea groups is 1. The van der Waals surface area contributed by atoms with Crippen molar-refractivity contribution in [1.82, 2.24) is 15.5 Å². The van der Waals surface area contributed by atoms with Crippen LogP contribution in [0.25, 0.3) is 0 Å². The van der Waals surface area contributed by atoms with Crippen LogP contribution < -0.4 is 16.0 Å². The number of carbonyl (C=O) groups excluding carboxylic acids is 3. The van der Waals surface area contributed by atoms with E-state index in [4.69, 9.17) is 0 Å². The van der Waals surface area contributed by atoms with E-state index in [0.717, 1.165) is 0 Å². The molecule has 7 nitrogen and oxygen atoms in total. The number of benzene rings is 1. The number of nitrogens with zero attached hydrogens (tertiary/aromatic N) is 1. The van der Waals surface area contributed by atoms with E-state index >= 15 is 0 Å². The Kier molecular flexibility index (Phi) is 6.77.